The lowest BCUT2D eigenvalue weighted by molar-refractivity contribution is -0.128. The van der Waals surface area contributed by atoms with Crippen LogP contribution in [-0.2, 0) is 14.4 Å². The van der Waals surface area contributed by atoms with Crippen LogP contribution < -0.4 is 10.6 Å². The van der Waals surface area contributed by atoms with E-state index in [1.54, 1.807) is 27.7 Å². The highest BCUT2D eigenvalue weighted by Gasteiger charge is 2.11. The van der Waals surface area contributed by atoms with E-state index in [2.05, 4.69) is 10.6 Å². The molecule has 0 aliphatic heterocycles. The third kappa shape index (κ3) is 6.16. The summed E-state index contributed by atoms with van der Waals surface area (Å²) in [7, 11) is 0. The zero-order chi connectivity index (χ0) is 12.7. The minimum atomic E-state index is -0.206. The number of hydrogen-bond donors (Lipinski definition) is 2. The Labute approximate surface area is 96.0 Å². The average Bonchev–Trinajstić information content (AvgIpc) is 2.21. The standard InChI is InChI=1S/C11H20N2O3/c1-7(2)10(15)12-5-9(14)6-13-11(16)8(3)4/h7-8H,5-6H2,1-4H3,(H,12,15)(H,13,16). The molecule has 92 valence electrons. The maximum atomic E-state index is 11.3. The van der Waals surface area contributed by atoms with Crippen LogP contribution in [0, 0.1) is 11.8 Å². The minimum Gasteiger partial charge on any atom is -0.349 e. The van der Waals surface area contributed by atoms with Gasteiger partial charge in [-0.25, -0.2) is 0 Å². The van der Waals surface area contributed by atoms with E-state index in [0.29, 0.717) is 0 Å². The summed E-state index contributed by atoms with van der Waals surface area (Å²) >= 11 is 0. The first kappa shape index (κ1) is 14.6. The molecule has 0 aliphatic carbocycles. The fourth-order valence-electron chi connectivity index (χ4n) is 0.842. The van der Waals surface area contributed by atoms with E-state index in [0.717, 1.165) is 0 Å². The van der Waals surface area contributed by atoms with Crippen molar-refractivity contribution in [3.8, 4) is 0 Å². The molecular weight excluding hydrogens is 208 g/mol. The highest BCUT2D eigenvalue weighted by Crippen LogP contribution is 1.91. The lowest BCUT2D eigenvalue weighted by Gasteiger charge is -2.08. The van der Waals surface area contributed by atoms with Gasteiger partial charge in [-0.1, -0.05) is 27.7 Å². The summed E-state index contributed by atoms with van der Waals surface area (Å²) in [6.07, 6.45) is 0. The number of Topliss-reactive ketones (excluding diaryl/α,β-unsaturated/α-hetero) is 1. The molecule has 0 aliphatic rings. The molecule has 0 fully saturated rings. The minimum absolute atomic E-state index is 0.0324. The van der Waals surface area contributed by atoms with Crippen molar-refractivity contribution in [1.82, 2.24) is 10.6 Å². The van der Waals surface area contributed by atoms with Gasteiger partial charge >= 0.3 is 0 Å². The van der Waals surface area contributed by atoms with Gasteiger partial charge in [-0.15, -0.1) is 0 Å². The van der Waals surface area contributed by atoms with Gasteiger partial charge in [0, 0.05) is 11.8 Å². The van der Waals surface area contributed by atoms with Crippen molar-refractivity contribution in [2.45, 2.75) is 27.7 Å². The Morgan fingerprint density at radius 3 is 1.38 bits per heavy atom. The Bertz CT molecular complexity index is 246. The van der Waals surface area contributed by atoms with Gasteiger partial charge in [-0.05, 0) is 0 Å². The van der Waals surface area contributed by atoms with Gasteiger partial charge < -0.3 is 10.6 Å². The van der Waals surface area contributed by atoms with Crippen LogP contribution in [0.2, 0.25) is 0 Å². The van der Waals surface area contributed by atoms with Crippen LogP contribution in [0.5, 0.6) is 0 Å². The van der Waals surface area contributed by atoms with Crippen LogP contribution in [0.15, 0.2) is 0 Å². The fraction of sp³-hybridized carbons (Fsp3) is 0.727. The molecule has 16 heavy (non-hydrogen) atoms. The number of ketones is 1. The molecular formula is C11H20N2O3. The number of carbonyl (C=O) groups excluding carboxylic acids is 3. The van der Waals surface area contributed by atoms with E-state index < -0.39 is 0 Å². The van der Waals surface area contributed by atoms with Gasteiger partial charge in [0.2, 0.25) is 11.8 Å². The van der Waals surface area contributed by atoms with Gasteiger partial charge in [-0.3, -0.25) is 14.4 Å². The molecule has 0 aromatic rings. The molecule has 0 atom stereocenters. The Morgan fingerprint density at radius 2 is 1.12 bits per heavy atom. The van der Waals surface area contributed by atoms with Crippen molar-refractivity contribution in [2.75, 3.05) is 13.1 Å². The van der Waals surface area contributed by atoms with Gasteiger partial charge in [0.15, 0.2) is 5.78 Å². The quantitative estimate of drug-likeness (QED) is 0.677. The number of nitrogens with one attached hydrogen (secondary N) is 2. The molecule has 0 spiro atoms. The van der Waals surface area contributed by atoms with E-state index in [1.165, 1.54) is 0 Å². The van der Waals surface area contributed by atoms with E-state index in [9.17, 15) is 14.4 Å². The molecule has 0 saturated heterocycles. The lowest BCUT2D eigenvalue weighted by atomic mass is 10.2. The Morgan fingerprint density at radius 1 is 0.812 bits per heavy atom. The predicted molar refractivity (Wildman–Crippen MR) is 60.7 cm³/mol. The van der Waals surface area contributed by atoms with Crippen molar-refractivity contribution in [2.24, 2.45) is 11.8 Å². The zero-order valence-corrected chi connectivity index (χ0v) is 10.3. The van der Waals surface area contributed by atoms with Crippen LogP contribution >= 0.6 is 0 Å². The van der Waals surface area contributed by atoms with Crippen LogP contribution in [0.3, 0.4) is 0 Å². The van der Waals surface area contributed by atoms with Crippen LogP contribution in [0.1, 0.15) is 27.7 Å². The monoisotopic (exact) mass is 228 g/mol. The predicted octanol–water partition coefficient (Wildman–Crippen LogP) is 0.0999. The number of hydrogen-bond acceptors (Lipinski definition) is 3. The van der Waals surface area contributed by atoms with Crippen molar-refractivity contribution in [3.63, 3.8) is 0 Å². The first-order valence-electron chi connectivity index (χ1n) is 5.41. The van der Waals surface area contributed by atoms with Crippen LogP contribution in [0.4, 0.5) is 0 Å². The first-order chi connectivity index (χ1) is 7.34. The summed E-state index contributed by atoms with van der Waals surface area (Å²) in [5.41, 5.74) is 0. The number of carbonyl (C=O) groups is 3. The highest BCUT2D eigenvalue weighted by molar-refractivity contribution is 5.90. The molecule has 0 bridgehead atoms. The number of rotatable bonds is 6. The smallest absolute Gasteiger partial charge is 0.222 e. The summed E-state index contributed by atoms with van der Waals surface area (Å²) < 4.78 is 0. The van der Waals surface area contributed by atoms with Gasteiger partial charge in [0.1, 0.15) is 0 Å². The molecule has 5 nitrogen and oxygen atoms in total. The van der Waals surface area contributed by atoms with Crippen LogP contribution in [0.25, 0.3) is 0 Å². The summed E-state index contributed by atoms with van der Waals surface area (Å²) in [6.45, 7) is 6.94. The second-order valence-electron chi connectivity index (χ2n) is 4.28. The average molecular weight is 228 g/mol. The maximum absolute atomic E-state index is 11.3. The zero-order valence-electron chi connectivity index (χ0n) is 10.3. The van der Waals surface area contributed by atoms with Gasteiger partial charge in [-0.2, -0.15) is 0 Å². The van der Waals surface area contributed by atoms with Crippen molar-refractivity contribution in [3.05, 3.63) is 0 Å². The summed E-state index contributed by atoms with van der Waals surface area (Å²) in [5, 5.41) is 4.99. The second-order valence-corrected chi connectivity index (χ2v) is 4.28. The third-order valence-corrected chi connectivity index (χ3v) is 1.97. The molecule has 5 heteroatoms. The molecule has 0 radical (unpaired) electrons. The SMILES string of the molecule is CC(C)C(=O)NCC(=O)CNC(=O)C(C)C. The van der Waals surface area contributed by atoms with E-state index in [4.69, 9.17) is 0 Å². The first-order valence-corrected chi connectivity index (χ1v) is 5.41. The number of amides is 2. The third-order valence-electron chi connectivity index (χ3n) is 1.97. The van der Waals surface area contributed by atoms with Crippen molar-refractivity contribution in [1.29, 1.82) is 0 Å². The summed E-state index contributed by atoms with van der Waals surface area (Å²) in [5.74, 6) is -0.814. The fourth-order valence-corrected chi connectivity index (χ4v) is 0.842. The molecule has 0 aromatic heterocycles. The van der Waals surface area contributed by atoms with Crippen molar-refractivity contribution >= 4 is 17.6 Å². The molecule has 0 heterocycles. The van der Waals surface area contributed by atoms with Gasteiger partial charge in [0.05, 0.1) is 13.1 Å². The molecule has 2 amide bonds. The van der Waals surface area contributed by atoms with Crippen molar-refractivity contribution < 1.29 is 14.4 Å². The van der Waals surface area contributed by atoms with Gasteiger partial charge in [0.25, 0.3) is 0 Å². The normalized spacial score (nSPS) is 10.4. The largest absolute Gasteiger partial charge is 0.349 e. The topological polar surface area (TPSA) is 75.3 Å². The molecule has 0 saturated carbocycles. The molecule has 0 aromatic carbocycles. The molecule has 0 rings (SSSR count). The van der Waals surface area contributed by atoms with Crippen LogP contribution in [-0.4, -0.2) is 30.7 Å². The lowest BCUT2D eigenvalue weighted by Crippen LogP contribution is -2.39. The van der Waals surface area contributed by atoms with E-state index in [1.807, 2.05) is 0 Å². The highest BCUT2D eigenvalue weighted by atomic mass is 16.2. The second kappa shape index (κ2) is 6.98. The molecule has 2 N–H and O–H groups in total. The van der Waals surface area contributed by atoms with E-state index >= 15 is 0 Å². The summed E-state index contributed by atoms with van der Waals surface area (Å²) in [4.78, 5) is 33.6. The Hall–Kier alpha value is -1.39. The Balaban J connectivity index is 3.76. The Kier molecular flexibility index (Phi) is 6.37. The summed E-state index contributed by atoms with van der Waals surface area (Å²) in [6, 6.07) is 0. The molecule has 0 unspecified atom stereocenters. The maximum Gasteiger partial charge on any atom is 0.222 e. The van der Waals surface area contributed by atoms with E-state index in [-0.39, 0.29) is 42.5 Å².